The van der Waals surface area contributed by atoms with Gasteiger partial charge in [0.05, 0.1) is 23.6 Å². The molecule has 1 amide bonds. The third-order valence-corrected chi connectivity index (χ3v) is 12.4. The number of aliphatic hydroxyl groups excluding tert-OH is 1. The van der Waals surface area contributed by atoms with E-state index in [0.29, 0.717) is 36.2 Å². The molecule has 0 aliphatic carbocycles. The Morgan fingerprint density at radius 1 is 0.682 bits per heavy atom. The van der Waals surface area contributed by atoms with E-state index in [1.54, 1.807) is 58.8 Å². The van der Waals surface area contributed by atoms with Crippen molar-refractivity contribution in [2.24, 2.45) is 0 Å². The summed E-state index contributed by atoms with van der Waals surface area (Å²) in [4.78, 5) is 47.6. The van der Waals surface area contributed by atoms with Gasteiger partial charge in [-0.15, -0.1) is 0 Å². The third-order valence-electron chi connectivity index (χ3n) is 12.4. The summed E-state index contributed by atoms with van der Waals surface area (Å²) in [5, 5.41) is 30.7. The first-order chi connectivity index (χ1) is 32.1. The van der Waals surface area contributed by atoms with E-state index in [1.807, 2.05) is 48.7 Å². The number of aliphatic hydroxyl groups is 1. The molecule has 3 N–H and O–H groups in total. The average molecular weight is 884 g/mol. The Balaban J connectivity index is 0.000000167. The first kappa shape index (κ1) is 43.7. The highest BCUT2D eigenvalue weighted by atomic mass is 16.4. The molecule has 3 atom stereocenters. The Kier molecular flexibility index (Phi) is 12.8. The lowest BCUT2D eigenvalue weighted by molar-refractivity contribution is 0.0696. The van der Waals surface area contributed by atoms with Gasteiger partial charge in [-0.05, 0) is 107 Å². The molecule has 0 saturated carbocycles. The zero-order valence-electron chi connectivity index (χ0n) is 37.3. The Bertz CT molecular complexity index is 3020. The fourth-order valence-electron chi connectivity index (χ4n) is 8.88. The van der Waals surface area contributed by atoms with Crippen molar-refractivity contribution in [3.63, 3.8) is 0 Å². The molecule has 0 bridgehead atoms. The smallest absolute Gasteiger partial charge is 0.335 e. The predicted octanol–water partition coefficient (Wildman–Crippen LogP) is 7.55. The molecule has 336 valence electrons. The number of benzene rings is 2. The number of fused-ring (bicyclic) bond motifs is 2. The zero-order valence-corrected chi connectivity index (χ0v) is 37.3. The summed E-state index contributed by atoms with van der Waals surface area (Å²) in [7, 11) is 0. The number of hydrogen-bond acceptors (Lipinski definition) is 11. The summed E-state index contributed by atoms with van der Waals surface area (Å²) >= 11 is 0. The number of anilines is 2. The number of hydrogen-bond donors (Lipinski definition) is 3. The predicted molar refractivity (Wildman–Crippen MR) is 254 cm³/mol. The quantitative estimate of drug-likeness (QED) is 0.110. The number of carbonyl (C=O) groups excluding carboxylic acids is 1. The van der Waals surface area contributed by atoms with Crippen molar-refractivity contribution in [1.29, 1.82) is 0 Å². The Hall–Kier alpha value is -7.52. The van der Waals surface area contributed by atoms with Gasteiger partial charge >= 0.3 is 5.97 Å². The molecule has 3 unspecified atom stereocenters. The lowest BCUT2D eigenvalue weighted by Crippen LogP contribution is -2.34. The monoisotopic (exact) mass is 883 g/mol. The molecule has 2 aliphatic rings. The van der Waals surface area contributed by atoms with E-state index < -0.39 is 5.97 Å². The average Bonchev–Trinajstić information content (AvgIpc) is 4.18. The first-order valence-electron chi connectivity index (χ1n) is 22.6. The van der Waals surface area contributed by atoms with E-state index in [2.05, 4.69) is 74.4 Å². The largest absolute Gasteiger partial charge is 0.478 e. The third kappa shape index (κ3) is 9.61. The fourth-order valence-corrected chi connectivity index (χ4v) is 8.88. The minimum Gasteiger partial charge on any atom is -0.478 e. The molecule has 2 fully saturated rings. The number of nitrogens with one attached hydrogen (secondary N) is 1. The van der Waals surface area contributed by atoms with Crippen molar-refractivity contribution in [1.82, 2.24) is 44.5 Å². The van der Waals surface area contributed by atoms with Crippen LogP contribution in [-0.4, -0.2) is 99.1 Å². The van der Waals surface area contributed by atoms with Gasteiger partial charge in [0.25, 0.3) is 5.91 Å². The van der Waals surface area contributed by atoms with Crippen LogP contribution in [0, 0.1) is 0 Å². The number of nitrogens with zero attached hydrogens (tertiary/aromatic N) is 10. The SMILES string of the molecule is CC(CO)NC(=O)c1cccc(-c2cc(Cc3cccc(N4CCCC4C)n3)c3nccn3n2)c1.CC1CCCN1c1cccc(Cc2cc(-c3cccc(C(=O)O)c3)nn3ccnc23)n1. The number of amides is 1. The van der Waals surface area contributed by atoms with Gasteiger partial charge in [-0.25, -0.2) is 33.8 Å². The molecule has 66 heavy (non-hydrogen) atoms. The second kappa shape index (κ2) is 19.3. The standard InChI is InChI=1S/C27H30N6O2.C24H23N5O2/c1-18(17-34)29-27(35)21-8-3-7-20(14-21)24-16-22(26-28-11-13-33(26)31-24)15-23-9-4-10-25(30-23)32-12-5-6-19(32)2;1-16-5-4-11-28(16)22-9-3-8-20(26-22)14-19-15-21(27-29-12-10-25-23(19)29)17-6-2-7-18(13-17)24(30)31/h3-4,7-11,13-14,16,18-19,34H,5-6,12,15,17H2,1-2H3,(H,29,35);2-3,6-10,12-13,15-16H,4-5,11,14H2,1H3,(H,30,31). The summed E-state index contributed by atoms with van der Waals surface area (Å²) in [6.45, 7) is 8.23. The second-order valence-electron chi connectivity index (χ2n) is 17.2. The minimum atomic E-state index is -0.956. The van der Waals surface area contributed by atoms with Crippen LogP contribution in [-0.2, 0) is 12.8 Å². The molecule has 2 aliphatic heterocycles. The molecule has 8 heterocycles. The van der Waals surface area contributed by atoms with Crippen LogP contribution in [0.3, 0.4) is 0 Å². The van der Waals surface area contributed by atoms with Crippen molar-refractivity contribution in [2.75, 3.05) is 29.5 Å². The lowest BCUT2D eigenvalue weighted by atomic mass is 10.0. The topological polar surface area (TPSA) is 179 Å². The van der Waals surface area contributed by atoms with Crippen LogP contribution < -0.4 is 15.1 Å². The normalized spacial score (nSPS) is 16.4. The second-order valence-corrected chi connectivity index (χ2v) is 17.2. The molecule has 0 radical (unpaired) electrons. The molecule has 15 nitrogen and oxygen atoms in total. The zero-order chi connectivity index (χ0) is 45.7. The van der Waals surface area contributed by atoms with Gasteiger partial charge < -0.3 is 25.3 Å². The van der Waals surface area contributed by atoms with E-state index in [1.165, 1.54) is 25.7 Å². The molecular formula is C51H53N11O4. The molecule has 8 aromatic rings. The van der Waals surface area contributed by atoms with Gasteiger partial charge in [-0.1, -0.05) is 36.4 Å². The highest BCUT2D eigenvalue weighted by molar-refractivity contribution is 5.95. The number of carbonyl (C=O) groups is 2. The van der Waals surface area contributed by atoms with E-state index in [0.717, 1.165) is 75.4 Å². The van der Waals surface area contributed by atoms with Gasteiger partial charge in [-0.3, -0.25) is 4.79 Å². The maximum absolute atomic E-state index is 12.6. The molecule has 15 heteroatoms. The van der Waals surface area contributed by atoms with Crippen molar-refractivity contribution >= 4 is 34.8 Å². The molecule has 2 aromatic carbocycles. The van der Waals surface area contributed by atoms with Gasteiger partial charge in [0, 0.05) is 108 Å². The fraction of sp³-hybridized carbons (Fsp3) is 0.294. The molecule has 10 rings (SSSR count). The number of rotatable bonds is 12. The van der Waals surface area contributed by atoms with Crippen LogP contribution in [0.4, 0.5) is 11.6 Å². The number of carboxylic acid groups (broad SMARTS) is 1. The number of aromatic nitrogens is 8. The highest BCUT2D eigenvalue weighted by Crippen LogP contribution is 2.28. The summed E-state index contributed by atoms with van der Waals surface area (Å²) in [6.07, 6.45) is 13.1. The number of imidazole rings is 2. The summed E-state index contributed by atoms with van der Waals surface area (Å²) in [5.41, 5.74) is 9.33. The van der Waals surface area contributed by atoms with Crippen LogP contribution in [0.1, 0.15) is 89.7 Å². The molecule has 2 saturated heterocycles. The minimum absolute atomic E-state index is 0.112. The van der Waals surface area contributed by atoms with Gasteiger partial charge in [0.15, 0.2) is 11.3 Å². The van der Waals surface area contributed by atoms with Crippen molar-refractivity contribution in [2.45, 2.75) is 77.4 Å². The van der Waals surface area contributed by atoms with Gasteiger partial charge in [0.2, 0.25) is 0 Å². The van der Waals surface area contributed by atoms with Crippen LogP contribution in [0.15, 0.2) is 122 Å². The van der Waals surface area contributed by atoms with E-state index in [-0.39, 0.29) is 24.1 Å². The number of carboxylic acids is 1. The lowest BCUT2D eigenvalue weighted by Gasteiger charge is -2.23. The van der Waals surface area contributed by atoms with E-state index in [9.17, 15) is 19.8 Å². The number of pyridine rings is 2. The molecule has 0 spiro atoms. The Morgan fingerprint density at radius 2 is 1.17 bits per heavy atom. The summed E-state index contributed by atoms with van der Waals surface area (Å²) in [5.74, 6) is 0.861. The number of aromatic carboxylic acids is 1. The Labute approximate surface area is 382 Å². The van der Waals surface area contributed by atoms with Crippen LogP contribution in [0.25, 0.3) is 33.8 Å². The van der Waals surface area contributed by atoms with Crippen LogP contribution >= 0.6 is 0 Å². The maximum Gasteiger partial charge on any atom is 0.335 e. The van der Waals surface area contributed by atoms with Gasteiger partial charge in [-0.2, -0.15) is 10.2 Å². The molecular weight excluding hydrogens is 831 g/mol. The highest BCUT2D eigenvalue weighted by Gasteiger charge is 2.23. The maximum atomic E-state index is 12.6. The molecule has 6 aromatic heterocycles. The van der Waals surface area contributed by atoms with Crippen LogP contribution in [0.2, 0.25) is 0 Å². The van der Waals surface area contributed by atoms with Gasteiger partial charge in [0.1, 0.15) is 11.6 Å². The van der Waals surface area contributed by atoms with E-state index in [4.69, 9.17) is 15.1 Å². The summed E-state index contributed by atoms with van der Waals surface area (Å²) < 4.78 is 3.52. The van der Waals surface area contributed by atoms with Crippen LogP contribution in [0.5, 0.6) is 0 Å². The first-order valence-corrected chi connectivity index (χ1v) is 22.6. The summed E-state index contributed by atoms with van der Waals surface area (Å²) in [6, 6.07) is 31.3. The Morgan fingerprint density at radius 3 is 1.64 bits per heavy atom. The van der Waals surface area contributed by atoms with E-state index >= 15 is 0 Å². The van der Waals surface area contributed by atoms with Crippen molar-refractivity contribution in [3.05, 3.63) is 155 Å². The van der Waals surface area contributed by atoms with Crippen molar-refractivity contribution < 1.29 is 19.8 Å². The van der Waals surface area contributed by atoms with Crippen molar-refractivity contribution in [3.8, 4) is 22.5 Å².